The molecular weight excluding hydrogens is 709 g/mol. The molecule has 3 heteroatoms. The van der Waals surface area contributed by atoms with E-state index in [4.69, 9.17) is 0 Å². The van der Waals surface area contributed by atoms with Crippen molar-refractivity contribution in [2.45, 2.75) is 12.5 Å². The average Bonchev–Trinajstić information content (AvgIpc) is 3.93. The van der Waals surface area contributed by atoms with Gasteiger partial charge in [-0.25, -0.2) is 0 Å². The number of hydrogen-bond acceptors (Lipinski definition) is 1. The van der Waals surface area contributed by atoms with Crippen LogP contribution in [0.1, 0.15) is 12.5 Å². The molecule has 8 aromatic carbocycles. The van der Waals surface area contributed by atoms with Gasteiger partial charge in [-0.2, -0.15) is 0 Å². The molecule has 0 N–H and O–H groups in total. The van der Waals surface area contributed by atoms with E-state index in [1.54, 1.807) is 0 Å². The Morgan fingerprint density at radius 2 is 0.930 bits per heavy atom. The number of hydrogen-bond donors (Lipinski definition) is 0. The van der Waals surface area contributed by atoms with Crippen LogP contribution in [0.15, 0.2) is 200 Å². The van der Waals surface area contributed by atoms with Crippen molar-refractivity contribution in [2.24, 2.45) is 0 Å². The molecule has 3 heterocycles. The van der Waals surface area contributed by atoms with E-state index < -0.39 is 0 Å². The molecule has 0 radical (unpaired) electrons. The van der Waals surface area contributed by atoms with Gasteiger partial charge >= 0.3 is 0 Å². The summed E-state index contributed by atoms with van der Waals surface area (Å²) in [7, 11) is 0. The van der Waals surface area contributed by atoms with Gasteiger partial charge in [0.15, 0.2) is 0 Å². The third-order valence-corrected chi connectivity index (χ3v) is 13.2. The maximum Gasteiger partial charge on any atom is 0.0560 e. The third kappa shape index (κ3) is 5.16. The van der Waals surface area contributed by atoms with Crippen molar-refractivity contribution < 1.29 is 0 Å². The molecule has 0 saturated heterocycles. The van der Waals surface area contributed by atoms with E-state index in [1.807, 2.05) is 11.3 Å². The Labute approximate surface area is 334 Å². The van der Waals surface area contributed by atoms with Gasteiger partial charge in [0.1, 0.15) is 0 Å². The number of benzene rings is 8. The molecule has 2 nitrogen and oxygen atoms in total. The zero-order valence-corrected chi connectivity index (χ0v) is 32.0. The third-order valence-electron chi connectivity index (χ3n) is 12.0. The van der Waals surface area contributed by atoms with E-state index in [9.17, 15) is 0 Å². The average molecular weight is 745 g/mol. The summed E-state index contributed by atoms with van der Waals surface area (Å²) in [5, 5.41) is 7.77. The first kappa shape index (κ1) is 32.3. The van der Waals surface area contributed by atoms with Crippen molar-refractivity contribution in [1.29, 1.82) is 0 Å². The van der Waals surface area contributed by atoms with E-state index in [0.29, 0.717) is 0 Å². The normalized spacial score (nSPS) is 14.3. The molecule has 0 fully saturated rings. The summed E-state index contributed by atoms with van der Waals surface area (Å²) in [6, 6.07) is 65.6. The summed E-state index contributed by atoms with van der Waals surface area (Å²) in [4.78, 5) is 0. The van der Waals surface area contributed by atoms with Crippen LogP contribution in [0, 0.1) is 0 Å². The van der Waals surface area contributed by atoms with Gasteiger partial charge in [0.25, 0.3) is 0 Å². The van der Waals surface area contributed by atoms with Crippen molar-refractivity contribution in [3.05, 3.63) is 200 Å². The van der Waals surface area contributed by atoms with Crippen LogP contribution in [0.25, 0.3) is 103 Å². The molecule has 0 spiro atoms. The van der Waals surface area contributed by atoms with Crippen LogP contribution in [0.5, 0.6) is 0 Å². The van der Waals surface area contributed by atoms with Crippen LogP contribution in [-0.2, 0) is 0 Å². The van der Waals surface area contributed by atoms with Crippen molar-refractivity contribution >= 4 is 75.1 Å². The molecule has 12 rings (SSSR count). The quantitative estimate of drug-likeness (QED) is 0.166. The number of para-hydroxylation sites is 1. The van der Waals surface area contributed by atoms with Gasteiger partial charge in [-0.1, -0.05) is 133 Å². The van der Waals surface area contributed by atoms with Crippen molar-refractivity contribution in [3.63, 3.8) is 0 Å². The van der Waals surface area contributed by atoms with Crippen molar-refractivity contribution in [2.75, 3.05) is 0 Å². The summed E-state index contributed by atoms with van der Waals surface area (Å²) in [6.07, 6.45) is 9.97. The maximum absolute atomic E-state index is 2.55. The first-order valence-corrected chi connectivity index (χ1v) is 20.6. The Kier molecular flexibility index (Phi) is 7.26. The minimum Gasteiger partial charge on any atom is -0.333 e. The minimum absolute atomic E-state index is 0.269. The number of fused-ring (bicyclic) bond motifs is 9. The van der Waals surface area contributed by atoms with Crippen molar-refractivity contribution in [1.82, 2.24) is 9.13 Å². The highest BCUT2D eigenvalue weighted by Gasteiger charge is 2.20. The lowest BCUT2D eigenvalue weighted by atomic mass is 9.99. The molecule has 0 aliphatic heterocycles. The summed E-state index contributed by atoms with van der Waals surface area (Å²) in [6.45, 7) is 0. The molecule has 1 atom stereocenters. The second-order valence-electron chi connectivity index (χ2n) is 15.3. The van der Waals surface area contributed by atoms with Gasteiger partial charge in [0.05, 0.1) is 17.1 Å². The molecule has 1 aliphatic rings. The molecule has 268 valence electrons. The molecule has 0 amide bonds. The molecule has 0 bridgehead atoms. The zero-order chi connectivity index (χ0) is 37.5. The van der Waals surface area contributed by atoms with Gasteiger partial charge < -0.3 is 9.13 Å². The largest absolute Gasteiger partial charge is 0.333 e. The lowest BCUT2D eigenvalue weighted by Gasteiger charge is -2.18. The van der Waals surface area contributed by atoms with Gasteiger partial charge in [0, 0.05) is 58.4 Å². The highest BCUT2D eigenvalue weighted by atomic mass is 32.1. The lowest BCUT2D eigenvalue weighted by Crippen LogP contribution is -2.06. The topological polar surface area (TPSA) is 9.86 Å². The molecule has 57 heavy (non-hydrogen) atoms. The molecule has 1 unspecified atom stereocenters. The monoisotopic (exact) mass is 744 g/mol. The number of aromatic nitrogens is 2. The zero-order valence-electron chi connectivity index (χ0n) is 31.1. The second kappa shape index (κ2) is 12.8. The SMILES string of the molecule is C1=CCC(n2c3ccc(-c4ccc5c(c4)sc4ccccc45)cc3c3cc(-c4ccc5c(c4)c4ccccc4n5-c4ccc(-c5ccccc5)cc4)ccc32)C=C1. The van der Waals surface area contributed by atoms with Crippen LogP contribution >= 0.6 is 11.3 Å². The molecule has 0 saturated carbocycles. The predicted octanol–water partition coefficient (Wildman–Crippen LogP) is 15.3. The van der Waals surface area contributed by atoms with Crippen LogP contribution in [0.3, 0.4) is 0 Å². The lowest BCUT2D eigenvalue weighted by molar-refractivity contribution is 0.648. The molecule has 1 aliphatic carbocycles. The van der Waals surface area contributed by atoms with Gasteiger partial charge in [-0.05, 0) is 107 Å². The highest BCUT2D eigenvalue weighted by molar-refractivity contribution is 7.25. The maximum atomic E-state index is 2.55. The Balaban J connectivity index is 1.00. The summed E-state index contributed by atoms with van der Waals surface area (Å²) < 4.78 is 7.63. The summed E-state index contributed by atoms with van der Waals surface area (Å²) in [5.41, 5.74) is 13.5. The smallest absolute Gasteiger partial charge is 0.0560 e. The fraction of sp³-hybridized carbons (Fsp3) is 0.0370. The fourth-order valence-electron chi connectivity index (χ4n) is 9.30. The second-order valence-corrected chi connectivity index (χ2v) is 16.3. The van der Waals surface area contributed by atoms with Gasteiger partial charge in [-0.15, -0.1) is 11.3 Å². The Morgan fingerprint density at radius 3 is 1.65 bits per heavy atom. The Morgan fingerprint density at radius 1 is 0.386 bits per heavy atom. The van der Waals surface area contributed by atoms with Crippen LogP contribution in [0.4, 0.5) is 0 Å². The number of nitrogens with zero attached hydrogens (tertiary/aromatic N) is 2. The van der Waals surface area contributed by atoms with Crippen LogP contribution in [0.2, 0.25) is 0 Å². The van der Waals surface area contributed by atoms with Crippen LogP contribution in [-0.4, -0.2) is 9.13 Å². The number of thiophene rings is 1. The standard InChI is InChI=1S/C54H36N2S/c1-3-11-35(12-4-1)36-19-25-42(26-20-36)56-49-17-9-7-15-43(49)46-31-37(22-28-50(46)56)38-23-29-51-47(32-38)48-33-39(24-30-52(48)55(51)41-13-5-2-6-14-41)40-21-27-45-44-16-8-10-18-53(44)57-54(45)34-40/h1-13,15-34,41H,14H2. The predicted molar refractivity (Wildman–Crippen MR) is 245 cm³/mol. The van der Waals surface area contributed by atoms with Crippen molar-refractivity contribution in [3.8, 4) is 39.1 Å². The summed E-state index contributed by atoms with van der Waals surface area (Å²) >= 11 is 1.88. The highest BCUT2D eigenvalue weighted by Crippen LogP contribution is 2.42. The van der Waals surface area contributed by atoms with E-state index >= 15 is 0 Å². The van der Waals surface area contributed by atoms with Gasteiger partial charge in [-0.3, -0.25) is 0 Å². The van der Waals surface area contributed by atoms with E-state index in [0.717, 1.165) is 12.1 Å². The van der Waals surface area contributed by atoms with E-state index in [1.165, 1.54) is 97.2 Å². The molecule has 11 aromatic rings. The van der Waals surface area contributed by atoms with E-state index in [-0.39, 0.29) is 6.04 Å². The Bertz CT molecular complexity index is 3430. The Hall–Kier alpha value is -6.94. The first-order valence-electron chi connectivity index (χ1n) is 19.8. The van der Waals surface area contributed by atoms with Gasteiger partial charge in [0.2, 0.25) is 0 Å². The first-order chi connectivity index (χ1) is 28.2. The minimum atomic E-state index is 0.269. The summed E-state index contributed by atoms with van der Waals surface area (Å²) in [5.74, 6) is 0. The fourth-order valence-corrected chi connectivity index (χ4v) is 10.4. The molecular formula is C54H36N2S. The number of rotatable bonds is 5. The molecule has 3 aromatic heterocycles. The van der Waals surface area contributed by atoms with Crippen LogP contribution < -0.4 is 0 Å². The number of allylic oxidation sites excluding steroid dienone is 4. The van der Waals surface area contributed by atoms with E-state index in [2.05, 4.69) is 209 Å².